The Morgan fingerprint density at radius 3 is 2.40 bits per heavy atom. The lowest BCUT2D eigenvalue weighted by Gasteiger charge is -2.08. The highest BCUT2D eigenvalue weighted by Gasteiger charge is 2.24. The summed E-state index contributed by atoms with van der Waals surface area (Å²) in [7, 11) is -3.75. The van der Waals surface area contributed by atoms with Crippen LogP contribution in [0.1, 0.15) is 25.5 Å². The maximum atomic E-state index is 13.0. The molecule has 0 saturated heterocycles. The van der Waals surface area contributed by atoms with Crippen molar-refractivity contribution in [1.82, 2.24) is 9.78 Å². The number of nitrogens with zero attached hydrogens (tertiary/aromatic N) is 2. The van der Waals surface area contributed by atoms with E-state index in [0.29, 0.717) is 11.4 Å². The Morgan fingerprint density at radius 2 is 1.76 bits per heavy atom. The quantitative estimate of drug-likeness (QED) is 0.744. The normalized spacial score (nSPS) is 11.7. The van der Waals surface area contributed by atoms with E-state index in [0.717, 1.165) is 11.1 Å². The van der Waals surface area contributed by atoms with E-state index in [2.05, 4.69) is 9.82 Å². The summed E-state index contributed by atoms with van der Waals surface area (Å²) in [5.41, 5.74) is 2.75. The van der Waals surface area contributed by atoms with Crippen molar-refractivity contribution in [1.29, 1.82) is 0 Å². The molecular weight excluding hydrogens is 334 g/mol. The molecule has 0 aliphatic heterocycles. The fraction of sp³-hybridized carbons (Fsp3) is 0.211. The summed E-state index contributed by atoms with van der Waals surface area (Å²) in [6.07, 6.45) is 1.59. The molecule has 0 aliphatic carbocycles. The molecular formula is C19H21N3O2S. The number of aromatic nitrogens is 2. The predicted octanol–water partition coefficient (Wildman–Crippen LogP) is 4.24. The van der Waals surface area contributed by atoms with E-state index in [1.165, 1.54) is 0 Å². The van der Waals surface area contributed by atoms with Gasteiger partial charge < -0.3 is 0 Å². The van der Waals surface area contributed by atoms with Crippen molar-refractivity contribution in [2.24, 2.45) is 0 Å². The van der Waals surface area contributed by atoms with Gasteiger partial charge in [-0.2, -0.15) is 5.10 Å². The fourth-order valence-electron chi connectivity index (χ4n) is 2.55. The first kappa shape index (κ1) is 17.2. The van der Waals surface area contributed by atoms with E-state index in [4.69, 9.17) is 0 Å². The average molecular weight is 355 g/mol. The van der Waals surface area contributed by atoms with E-state index >= 15 is 0 Å². The summed E-state index contributed by atoms with van der Waals surface area (Å²) < 4.78 is 30.3. The number of aryl methyl sites for hydroxylation is 1. The van der Waals surface area contributed by atoms with Crippen molar-refractivity contribution < 1.29 is 8.42 Å². The standard InChI is InChI=1S/C19H21N3O2S/c1-14(2)22-13-18(19(20-22)16-9-5-4-6-10-16)25(23,24)21-17-11-7-8-15(3)12-17/h4-14,21H,1-3H3. The number of hydrogen-bond acceptors (Lipinski definition) is 3. The predicted molar refractivity (Wildman–Crippen MR) is 100 cm³/mol. The molecule has 1 aromatic heterocycles. The van der Waals surface area contributed by atoms with Crippen LogP contribution in [0.25, 0.3) is 11.3 Å². The molecule has 0 fully saturated rings. The highest BCUT2D eigenvalue weighted by Crippen LogP contribution is 2.28. The summed E-state index contributed by atoms with van der Waals surface area (Å²) >= 11 is 0. The monoisotopic (exact) mass is 355 g/mol. The van der Waals surface area contributed by atoms with Crippen molar-refractivity contribution in [3.8, 4) is 11.3 Å². The molecule has 0 atom stereocenters. The van der Waals surface area contributed by atoms with Gasteiger partial charge in [-0.15, -0.1) is 0 Å². The maximum absolute atomic E-state index is 13.0. The molecule has 0 bridgehead atoms. The van der Waals surface area contributed by atoms with Gasteiger partial charge in [0.2, 0.25) is 0 Å². The molecule has 2 aromatic carbocycles. The Labute approximate surface area is 148 Å². The highest BCUT2D eigenvalue weighted by molar-refractivity contribution is 7.92. The topological polar surface area (TPSA) is 64.0 Å². The molecule has 5 nitrogen and oxygen atoms in total. The Balaban J connectivity index is 2.08. The van der Waals surface area contributed by atoms with Crippen LogP contribution in [0, 0.1) is 6.92 Å². The molecule has 0 radical (unpaired) electrons. The van der Waals surface area contributed by atoms with Gasteiger partial charge >= 0.3 is 0 Å². The first-order chi connectivity index (χ1) is 11.9. The molecule has 3 aromatic rings. The van der Waals surface area contributed by atoms with E-state index < -0.39 is 10.0 Å². The minimum absolute atomic E-state index is 0.0605. The molecule has 0 amide bonds. The van der Waals surface area contributed by atoms with Gasteiger partial charge in [-0.3, -0.25) is 9.40 Å². The molecule has 6 heteroatoms. The van der Waals surface area contributed by atoms with Gasteiger partial charge in [-0.05, 0) is 38.5 Å². The van der Waals surface area contributed by atoms with Crippen LogP contribution < -0.4 is 4.72 Å². The van der Waals surface area contributed by atoms with Gasteiger partial charge in [-0.25, -0.2) is 8.42 Å². The zero-order chi connectivity index (χ0) is 18.0. The second-order valence-electron chi connectivity index (χ2n) is 6.26. The molecule has 0 spiro atoms. The number of sulfonamides is 1. The first-order valence-corrected chi connectivity index (χ1v) is 9.59. The molecule has 0 aliphatic rings. The second-order valence-corrected chi connectivity index (χ2v) is 7.91. The molecule has 0 saturated carbocycles. The molecule has 1 N–H and O–H groups in total. The Morgan fingerprint density at radius 1 is 1.04 bits per heavy atom. The zero-order valence-corrected chi connectivity index (χ0v) is 15.3. The third-order valence-electron chi connectivity index (χ3n) is 3.83. The molecule has 3 rings (SSSR count). The first-order valence-electron chi connectivity index (χ1n) is 8.11. The third-order valence-corrected chi connectivity index (χ3v) is 5.22. The molecule has 1 heterocycles. The minimum Gasteiger partial charge on any atom is -0.280 e. The summed E-state index contributed by atoms with van der Waals surface area (Å²) in [5.74, 6) is 0. The summed E-state index contributed by atoms with van der Waals surface area (Å²) in [4.78, 5) is 0.175. The number of benzene rings is 2. The van der Waals surface area contributed by atoms with Crippen LogP contribution in [0.15, 0.2) is 65.7 Å². The van der Waals surface area contributed by atoms with Crippen molar-refractivity contribution in [2.45, 2.75) is 31.7 Å². The van der Waals surface area contributed by atoms with Gasteiger partial charge in [0.15, 0.2) is 0 Å². The lowest BCUT2D eigenvalue weighted by Crippen LogP contribution is -2.13. The number of hydrogen-bond donors (Lipinski definition) is 1. The Kier molecular flexibility index (Phi) is 4.63. The summed E-state index contributed by atoms with van der Waals surface area (Å²) in [6.45, 7) is 5.85. The van der Waals surface area contributed by atoms with Crippen LogP contribution in [0.3, 0.4) is 0 Å². The van der Waals surface area contributed by atoms with Crippen molar-refractivity contribution >= 4 is 15.7 Å². The maximum Gasteiger partial charge on any atom is 0.265 e. The highest BCUT2D eigenvalue weighted by atomic mass is 32.2. The van der Waals surface area contributed by atoms with Gasteiger partial charge in [0.25, 0.3) is 10.0 Å². The largest absolute Gasteiger partial charge is 0.280 e. The van der Waals surface area contributed by atoms with Gasteiger partial charge in [0.05, 0.1) is 0 Å². The summed E-state index contributed by atoms with van der Waals surface area (Å²) in [5, 5.41) is 4.50. The van der Waals surface area contributed by atoms with E-state index in [9.17, 15) is 8.42 Å². The lowest BCUT2D eigenvalue weighted by molar-refractivity contribution is 0.532. The van der Waals surface area contributed by atoms with Crippen LogP contribution in [-0.2, 0) is 10.0 Å². The molecule has 25 heavy (non-hydrogen) atoms. The van der Waals surface area contributed by atoms with Crippen LogP contribution in [0.4, 0.5) is 5.69 Å². The van der Waals surface area contributed by atoms with Crippen LogP contribution in [0.2, 0.25) is 0 Å². The van der Waals surface area contributed by atoms with E-state index in [-0.39, 0.29) is 10.9 Å². The van der Waals surface area contributed by atoms with Crippen LogP contribution in [-0.4, -0.2) is 18.2 Å². The SMILES string of the molecule is Cc1cccc(NS(=O)(=O)c2cn(C(C)C)nc2-c2ccccc2)c1. The van der Waals surface area contributed by atoms with Crippen molar-refractivity contribution in [3.63, 3.8) is 0 Å². The van der Waals surface area contributed by atoms with Crippen LogP contribution >= 0.6 is 0 Å². The zero-order valence-electron chi connectivity index (χ0n) is 14.5. The minimum atomic E-state index is -3.75. The second kappa shape index (κ2) is 6.72. The van der Waals surface area contributed by atoms with Crippen molar-refractivity contribution in [3.05, 3.63) is 66.4 Å². The summed E-state index contributed by atoms with van der Waals surface area (Å²) in [6, 6.07) is 16.7. The van der Waals surface area contributed by atoms with E-state index in [1.54, 1.807) is 23.0 Å². The Hall–Kier alpha value is -2.60. The molecule has 130 valence electrons. The van der Waals surface area contributed by atoms with E-state index in [1.807, 2.05) is 63.2 Å². The van der Waals surface area contributed by atoms with Gasteiger partial charge in [0.1, 0.15) is 10.6 Å². The lowest BCUT2D eigenvalue weighted by atomic mass is 10.2. The van der Waals surface area contributed by atoms with Gasteiger partial charge in [0, 0.05) is 23.5 Å². The molecule has 0 unspecified atom stereocenters. The van der Waals surface area contributed by atoms with Gasteiger partial charge in [-0.1, -0.05) is 42.5 Å². The fourth-order valence-corrected chi connectivity index (χ4v) is 3.76. The van der Waals surface area contributed by atoms with Crippen molar-refractivity contribution in [2.75, 3.05) is 4.72 Å². The van der Waals surface area contributed by atoms with Crippen LogP contribution in [0.5, 0.6) is 0 Å². The smallest absolute Gasteiger partial charge is 0.265 e. The number of rotatable bonds is 5. The Bertz CT molecular complexity index is 977. The number of anilines is 1. The number of nitrogens with one attached hydrogen (secondary N) is 1. The average Bonchev–Trinajstić information content (AvgIpc) is 3.02. The third kappa shape index (κ3) is 3.74.